The first-order valence-electron chi connectivity index (χ1n) is 14.1. The fraction of sp³-hybridized carbons (Fsp3) is 1.00. The lowest BCUT2D eigenvalue weighted by molar-refractivity contribution is -0.315. The summed E-state index contributed by atoms with van der Waals surface area (Å²) in [4.78, 5) is 0. The largest absolute Gasteiger partial charge is 0.344 e. The zero-order valence-corrected chi connectivity index (χ0v) is 21.8. The van der Waals surface area contributed by atoms with Crippen molar-refractivity contribution in [3.8, 4) is 0 Å². The first-order valence-corrected chi connectivity index (χ1v) is 14.1. The molecule has 3 heteroatoms. The third-order valence-electron chi connectivity index (χ3n) is 6.07. The lowest BCUT2D eigenvalue weighted by Gasteiger charge is -2.12. The van der Waals surface area contributed by atoms with E-state index in [4.69, 9.17) is 15.3 Å². The van der Waals surface area contributed by atoms with Crippen molar-refractivity contribution in [3.05, 3.63) is 0 Å². The molecule has 0 aromatic rings. The normalized spacial score (nSPS) is 11.4. The average molecular weight is 445 g/mol. The molecule has 0 saturated carbocycles. The maximum absolute atomic E-state index is 8.69. The second-order valence-corrected chi connectivity index (χ2v) is 9.60. The summed E-state index contributed by atoms with van der Waals surface area (Å²) in [6.07, 6.45) is 30.8. The highest BCUT2D eigenvalue weighted by Crippen LogP contribution is 2.14. The van der Waals surface area contributed by atoms with E-state index in [9.17, 15) is 0 Å². The van der Waals surface area contributed by atoms with Gasteiger partial charge in [0.1, 0.15) is 0 Å². The third kappa shape index (κ3) is 37.5. The second kappa shape index (κ2) is 27.9. The van der Waals surface area contributed by atoms with E-state index in [2.05, 4.69) is 20.8 Å². The fourth-order valence-electron chi connectivity index (χ4n) is 3.94. The molecule has 0 heterocycles. The Morgan fingerprint density at radius 2 is 0.516 bits per heavy atom. The van der Waals surface area contributed by atoms with Crippen LogP contribution in [0.1, 0.15) is 175 Å². The van der Waals surface area contributed by atoms with Crippen LogP contribution in [0.2, 0.25) is 0 Å². The van der Waals surface area contributed by atoms with Crippen molar-refractivity contribution >= 4 is 0 Å². The maximum atomic E-state index is 8.69. The summed E-state index contributed by atoms with van der Waals surface area (Å²) in [5.74, 6) is -2.46. The summed E-state index contributed by atoms with van der Waals surface area (Å²) in [5, 5.41) is 26.1. The molecule has 190 valence electrons. The summed E-state index contributed by atoms with van der Waals surface area (Å²) in [6.45, 7) is 6.81. The van der Waals surface area contributed by atoms with Crippen molar-refractivity contribution in [1.82, 2.24) is 0 Å². The highest BCUT2D eigenvalue weighted by Gasteiger charge is 2.16. The van der Waals surface area contributed by atoms with Crippen LogP contribution in [0.5, 0.6) is 0 Å². The van der Waals surface area contributed by atoms with E-state index in [1.54, 1.807) is 0 Å². The Kier molecular flexibility index (Phi) is 29.8. The molecule has 0 spiro atoms. The Balaban J connectivity index is 0. The van der Waals surface area contributed by atoms with Gasteiger partial charge >= 0.3 is 0 Å². The van der Waals surface area contributed by atoms with Gasteiger partial charge in [-0.15, -0.1) is 0 Å². The van der Waals surface area contributed by atoms with Crippen LogP contribution in [-0.4, -0.2) is 21.3 Å². The van der Waals surface area contributed by atoms with Crippen molar-refractivity contribution < 1.29 is 15.3 Å². The van der Waals surface area contributed by atoms with E-state index in [1.165, 1.54) is 128 Å². The third-order valence-corrected chi connectivity index (χ3v) is 6.07. The Morgan fingerprint density at radius 3 is 0.710 bits per heavy atom. The van der Waals surface area contributed by atoms with Crippen LogP contribution in [0.4, 0.5) is 0 Å². The molecule has 0 amide bonds. The lowest BCUT2D eigenvalue weighted by Crippen LogP contribution is -2.26. The van der Waals surface area contributed by atoms with E-state index in [0.717, 1.165) is 12.8 Å². The number of unbranched alkanes of at least 4 members (excludes halogenated alkanes) is 21. The van der Waals surface area contributed by atoms with E-state index < -0.39 is 5.97 Å². The van der Waals surface area contributed by atoms with Crippen LogP contribution in [-0.2, 0) is 0 Å². The molecule has 31 heavy (non-hydrogen) atoms. The van der Waals surface area contributed by atoms with Gasteiger partial charge in [0.15, 0.2) is 0 Å². The fourth-order valence-corrected chi connectivity index (χ4v) is 3.94. The molecule has 0 aromatic heterocycles. The highest BCUT2D eigenvalue weighted by molar-refractivity contribution is 4.51. The quantitative estimate of drug-likeness (QED) is 0.109. The van der Waals surface area contributed by atoms with Gasteiger partial charge in [0.2, 0.25) is 0 Å². The van der Waals surface area contributed by atoms with Gasteiger partial charge in [0.05, 0.1) is 0 Å². The minimum atomic E-state index is -2.46. The Morgan fingerprint density at radius 1 is 0.323 bits per heavy atom. The second-order valence-electron chi connectivity index (χ2n) is 9.60. The Bertz CT molecular complexity index is 289. The van der Waals surface area contributed by atoms with Crippen LogP contribution in [0.3, 0.4) is 0 Å². The zero-order chi connectivity index (χ0) is 23.5. The summed E-state index contributed by atoms with van der Waals surface area (Å²) >= 11 is 0. The molecule has 0 unspecified atom stereocenters. The molecule has 0 aliphatic heterocycles. The smallest absolute Gasteiger partial charge is 0.275 e. The molecule has 0 aliphatic carbocycles. The van der Waals surface area contributed by atoms with Gasteiger partial charge in [0, 0.05) is 6.42 Å². The van der Waals surface area contributed by atoms with Crippen LogP contribution in [0.25, 0.3) is 0 Å². The van der Waals surface area contributed by atoms with Gasteiger partial charge in [-0.05, 0) is 6.42 Å². The van der Waals surface area contributed by atoms with Crippen molar-refractivity contribution in [3.63, 3.8) is 0 Å². The van der Waals surface area contributed by atoms with Crippen LogP contribution < -0.4 is 0 Å². The summed E-state index contributed by atoms with van der Waals surface area (Å²) in [7, 11) is 0. The molecule has 3 nitrogen and oxygen atoms in total. The van der Waals surface area contributed by atoms with Crippen LogP contribution in [0, 0.1) is 0 Å². The van der Waals surface area contributed by atoms with Gasteiger partial charge in [-0.25, -0.2) is 0 Å². The standard InChI is InChI=1S/C15H32O3.C13H28/c1-2-3-4-5-6-7-8-9-10-11-12-13-14-15(16,17)18;1-3-5-7-9-11-13-12-10-8-6-4-2/h16-18H,2-14H2,1H3;3-13H2,1-2H3. The van der Waals surface area contributed by atoms with E-state index >= 15 is 0 Å². The van der Waals surface area contributed by atoms with Gasteiger partial charge < -0.3 is 15.3 Å². The molecule has 0 radical (unpaired) electrons. The van der Waals surface area contributed by atoms with Crippen molar-refractivity contribution in [2.45, 2.75) is 181 Å². The summed E-state index contributed by atoms with van der Waals surface area (Å²) in [5.41, 5.74) is 0. The van der Waals surface area contributed by atoms with E-state index in [-0.39, 0.29) is 6.42 Å². The van der Waals surface area contributed by atoms with Crippen molar-refractivity contribution in [1.29, 1.82) is 0 Å². The number of hydrogen-bond acceptors (Lipinski definition) is 3. The first kappa shape index (κ1) is 33.1. The molecule has 0 rings (SSSR count). The predicted octanol–water partition coefficient (Wildman–Crippen LogP) is 9.03. The Labute approximate surface area is 196 Å². The molecule has 0 saturated heterocycles. The maximum Gasteiger partial charge on any atom is 0.275 e. The van der Waals surface area contributed by atoms with Crippen molar-refractivity contribution in [2.24, 2.45) is 0 Å². The van der Waals surface area contributed by atoms with Gasteiger partial charge in [-0.3, -0.25) is 0 Å². The zero-order valence-electron chi connectivity index (χ0n) is 21.8. The number of aliphatic hydroxyl groups is 3. The molecule has 0 atom stereocenters. The molecule has 3 N–H and O–H groups in total. The van der Waals surface area contributed by atoms with Crippen LogP contribution >= 0.6 is 0 Å². The summed E-state index contributed by atoms with van der Waals surface area (Å²) < 4.78 is 0. The molecular weight excluding hydrogens is 384 g/mol. The van der Waals surface area contributed by atoms with Crippen LogP contribution in [0.15, 0.2) is 0 Å². The minimum absolute atomic E-state index is 0.0599. The molecule has 0 aliphatic rings. The molecular formula is C28H60O3. The van der Waals surface area contributed by atoms with E-state index in [0.29, 0.717) is 6.42 Å². The highest BCUT2D eigenvalue weighted by atomic mass is 16.7. The Hall–Kier alpha value is -0.120. The SMILES string of the molecule is CCCCCCCCCCCCC.CCCCCCCCCCCCCCC(O)(O)O. The lowest BCUT2D eigenvalue weighted by atomic mass is 10.0. The van der Waals surface area contributed by atoms with E-state index in [1.807, 2.05) is 0 Å². The molecule has 0 bridgehead atoms. The molecule has 0 fully saturated rings. The topological polar surface area (TPSA) is 60.7 Å². The molecule has 0 aromatic carbocycles. The summed E-state index contributed by atoms with van der Waals surface area (Å²) in [6, 6.07) is 0. The van der Waals surface area contributed by atoms with Gasteiger partial charge in [-0.2, -0.15) is 0 Å². The monoisotopic (exact) mass is 444 g/mol. The predicted molar refractivity (Wildman–Crippen MR) is 137 cm³/mol. The number of hydrogen-bond donors (Lipinski definition) is 3. The minimum Gasteiger partial charge on any atom is -0.344 e. The van der Waals surface area contributed by atoms with Gasteiger partial charge in [0.25, 0.3) is 5.97 Å². The van der Waals surface area contributed by atoms with Gasteiger partial charge in [-0.1, -0.05) is 162 Å². The average Bonchev–Trinajstić information content (AvgIpc) is 2.73. The first-order chi connectivity index (χ1) is 15.0. The number of rotatable bonds is 23. The van der Waals surface area contributed by atoms with Crippen molar-refractivity contribution in [2.75, 3.05) is 0 Å².